The molecule has 0 N–H and O–H groups in total. The minimum Gasteiger partial charge on any atom is -0.497 e. The Morgan fingerprint density at radius 1 is 0.944 bits per heavy atom. The van der Waals surface area contributed by atoms with Gasteiger partial charge in [0.2, 0.25) is 5.95 Å². The Morgan fingerprint density at radius 2 is 1.75 bits per heavy atom. The van der Waals surface area contributed by atoms with Crippen LogP contribution in [0.25, 0.3) is 22.4 Å². The topological polar surface area (TPSA) is 78.7 Å². The highest BCUT2D eigenvalue weighted by molar-refractivity contribution is 5.67. The average molecular weight is 485 g/mol. The van der Waals surface area contributed by atoms with Gasteiger partial charge in [-0.05, 0) is 47.5 Å². The first-order chi connectivity index (χ1) is 17.6. The summed E-state index contributed by atoms with van der Waals surface area (Å²) in [5, 5.41) is 0. The molecule has 1 unspecified atom stereocenters. The van der Waals surface area contributed by atoms with Crippen LogP contribution >= 0.6 is 0 Å². The van der Waals surface area contributed by atoms with Gasteiger partial charge < -0.3 is 19.1 Å². The van der Waals surface area contributed by atoms with E-state index in [1.807, 2.05) is 48.5 Å². The third-order valence-electron chi connectivity index (χ3n) is 6.42. The summed E-state index contributed by atoms with van der Waals surface area (Å²) in [6, 6.07) is 19.3. The normalized spacial score (nSPS) is 15.5. The van der Waals surface area contributed by atoms with Gasteiger partial charge in [0.05, 0.1) is 33.1 Å². The van der Waals surface area contributed by atoms with Crippen molar-refractivity contribution in [3.05, 3.63) is 89.0 Å². The second kappa shape index (κ2) is 10.2. The van der Waals surface area contributed by atoms with Crippen molar-refractivity contribution in [2.75, 3.05) is 38.8 Å². The number of aromatic nitrogens is 3. The van der Waals surface area contributed by atoms with Crippen molar-refractivity contribution in [3.8, 4) is 33.9 Å². The fourth-order valence-corrected chi connectivity index (χ4v) is 4.47. The van der Waals surface area contributed by atoms with Gasteiger partial charge in [-0.1, -0.05) is 18.2 Å². The predicted molar refractivity (Wildman–Crippen MR) is 139 cm³/mol. The Hall–Kier alpha value is -4.17. The van der Waals surface area contributed by atoms with Crippen LogP contribution in [0.5, 0.6) is 11.5 Å². The van der Waals surface area contributed by atoms with Crippen LogP contribution in [-0.2, 0) is 11.8 Å². The molecule has 1 fully saturated rings. The highest BCUT2D eigenvalue weighted by Gasteiger charge is 2.27. The van der Waals surface area contributed by atoms with Gasteiger partial charge in [0.15, 0.2) is 0 Å². The molecular formula is C28H28N4O4. The molecule has 0 radical (unpaired) electrons. The highest BCUT2D eigenvalue weighted by atomic mass is 16.5. The maximum atomic E-state index is 12.8. The molecule has 0 bridgehead atoms. The van der Waals surface area contributed by atoms with Gasteiger partial charge >= 0.3 is 0 Å². The Balaban J connectivity index is 1.49. The lowest BCUT2D eigenvalue weighted by molar-refractivity contribution is 0.0375. The molecule has 1 saturated heterocycles. The van der Waals surface area contributed by atoms with E-state index in [9.17, 15) is 4.79 Å². The molecule has 8 nitrogen and oxygen atoms in total. The van der Waals surface area contributed by atoms with Crippen LogP contribution in [0.15, 0.2) is 77.9 Å². The first kappa shape index (κ1) is 23.6. The van der Waals surface area contributed by atoms with Crippen molar-refractivity contribution in [1.82, 2.24) is 14.5 Å². The number of benzene rings is 2. The molecule has 1 aliphatic rings. The van der Waals surface area contributed by atoms with Crippen LogP contribution in [0.2, 0.25) is 0 Å². The number of morpholine rings is 1. The Morgan fingerprint density at radius 3 is 2.53 bits per heavy atom. The van der Waals surface area contributed by atoms with E-state index in [2.05, 4.69) is 16.0 Å². The highest BCUT2D eigenvalue weighted by Crippen LogP contribution is 2.35. The van der Waals surface area contributed by atoms with Crippen LogP contribution in [0.1, 0.15) is 11.7 Å². The van der Waals surface area contributed by atoms with Gasteiger partial charge in [-0.25, -0.2) is 4.98 Å². The number of pyridine rings is 1. The van der Waals surface area contributed by atoms with Crippen molar-refractivity contribution in [1.29, 1.82) is 0 Å². The maximum absolute atomic E-state index is 12.8. The van der Waals surface area contributed by atoms with Crippen molar-refractivity contribution < 1.29 is 14.2 Å². The molecule has 4 aromatic rings. The van der Waals surface area contributed by atoms with E-state index >= 15 is 0 Å². The molecule has 36 heavy (non-hydrogen) atoms. The summed E-state index contributed by atoms with van der Waals surface area (Å²) in [6.07, 6.45) is 3.13. The van der Waals surface area contributed by atoms with Crippen LogP contribution in [0.3, 0.4) is 0 Å². The first-order valence-corrected chi connectivity index (χ1v) is 11.7. The minimum absolute atomic E-state index is 0.118. The SMILES string of the molecule is COc1cccc(-c2ccc(OC)c(C3CN(c4nc(-c5ccncc5)cc(=O)n4C)CCO3)c2)c1. The number of hydrogen-bond donors (Lipinski definition) is 0. The fraction of sp³-hybridized carbons (Fsp3) is 0.250. The number of methoxy groups -OCH3 is 2. The van der Waals surface area contributed by atoms with Gasteiger partial charge in [0.25, 0.3) is 5.56 Å². The third-order valence-corrected chi connectivity index (χ3v) is 6.42. The van der Waals surface area contributed by atoms with E-state index in [0.29, 0.717) is 31.3 Å². The zero-order valence-corrected chi connectivity index (χ0v) is 20.5. The molecular weight excluding hydrogens is 456 g/mol. The molecule has 0 amide bonds. The Bertz CT molecular complexity index is 1420. The van der Waals surface area contributed by atoms with Gasteiger partial charge in [-0.15, -0.1) is 0 Å². The number of nitrogens with zero attached hydrogens (tertiary/aromatic N) is 4. The summed E-state index contributed by atoms with van der Waals surface area (Å²) in [5.74, 6) is 2.15. The monoisotopic (exact) mass is 484 g/mol. The lowest BCUT2D eigenvalue weighted by Crippen LogP contribution is -2.41. The lowest BCUT2D eigenvalue weighted by Gasteiger charge is -2.35. The van der Waals surface area contributed by atoms with E-state index in [1.54, 1.807) is 44.3 Å². The molecule has 0 spiro atoms. The maximum Gasteiger partial charge on any atom is 0.255 e. The average Bonchev–Trinajstić information content (AvgIpc) is 2.94. The standard InChI is InChI=1S/C28H28N4O4/c1-31-27(33)17-24(19-9-11-29-12-10-19)30-28(31)32-13-14-36-26(18-32)23-16-21(7-8-25(23)35-3)20-5-4-6-22(15-20)34-2/h4-12,15-17,26H,13-14,18H2,1-3H3. The molecule has 0 saturated carbocycles. The van der Waals surface area contributed by atoms with Crippen molar-refractivity contribution in [2.24, 2.45) is 7.05 Å². The molecule has 184 valence electrons. The predicted octanol–water partition coefficient (Wildman–Crippen LogP) is 4.10. The van der Waals surface area contributed by atoms with E-state index in [4.69, 9.17) is 19.2 Å². The van der Waals surface area contributed by atoms with Crippen molar-refractivity contribution >= 4 is 5.95 Å². The summed E-state index contributed by atoms with van der Waals surface area (Å²) in [6.45, 7) is 1.64. The lowest BCUT2D eigenvalue weighted by atomic mass is 9.98. The molecule has 1 aliphatic heterocycles. The van der Waals surface area contributed by atoms with Crippen molar-refractivity contribution in [2.45, 2.75) is 6.10 Å². The summed E-state index contributed by atoms with van der Waals surface area (Å²) < 4.78 is 18.9. The second-order valence-electron chi connectivity index (χ2n) is 8.57. The molecule has 1 atom stereocenters. The molecule has 2 aromatic heterocycles. The first-order valence-electron chi connectivity index (χ1n) is 11.7. The number of rotatable bonds is 6. The summed E-state index contributed by atoms with van der Waals surface area (Å²) in [4.78, 5) is 23.8. The largest absolute Gasteiger partial charge is 0.497 e. The molecule has 5 rings (SSSR count). The van der Waals surface area contributed by atoms with Crippen LogP contribution in [0.4, 0.5) is 5.95 Å². The number of anilines is 1. The summed E-state index contributed by atoms with van der Waals surface area (Å²) in [5.41, 5.74) is 4.37. The second-order valence-corrected chi connectivity index (χ2v) is 8.57. The molecule has 8 heteroatoms. The molecule has 0 aliphatic carbocycles. The summed E-state index contributed by atoms with van der Waals surface area (Å²) in [7, 11) is 5.07. The number of hydrogen-bond acceptors (Lipinski definition) is 7. The summed E-state index contributed by atoms with van der Waals surface area (Å²) >= 11 is 0. The van der Waals surface area contributed by atoms with Gasteiger partial charge in [0.1, 0.15) is 17.6 Å². The number of ether oxygens (including phenoxy) is 3. The zero-order chi connectivity index (χ0) is 25.1. The van der Waals surface area contributed by atoms with E-state index in [-0.39, 0.29) is 11.7 Å². The zero-order valence-electron chi connectivity index (χ0n) is 20.5. The molecule has 3 heterocycles. The van der Waals surface area contributed by atoms with E-state index in [1.165, 1.54) is 0 Å². The van der Waals surface area contributed by atoms with Crippen molar-refractivity contribution in [3.63, 3.8) is 0 Å². The Kier molecular flexibility index (Phi) is 6.69. The van der Waals surface area contributed by atoms with E-state index in [0.717, 1.165) is 33.8 Å². The third kappa shape index (κ3) is 4.67. The van der Waals surface area contributed by atoms with Crippen LogP contribution in [0, 0.1) is 0 Å². The van der Waals surface area contributed by atoms with E-state index < -0.39 is 0 Å². The van der Waals surface area contributed by atoms with Crippen LogP contribution < -0.4 is 19.9 Å². The fourth-order valence-electron chi connectivity index (χ4n) is 4.47. The molecule has 2 aromatic carbocycles. The minimum atomic E-state index is -0.263. The van der Waals surface area contributed by atoms with Gasteiger partial charge in [-0.2, -0.15) is 0 Å². The van der Waals surface area contributed by atoms with Gasteiger partial charge in [-0.3, -0.25) is 14.3 Å². The smallest absolute Gasteiger partial charge is 0.255 e. The quantitative estimate of drug-likeness (QED) is 0.408. The van der Waals surface area contributed by atoms with Gasteiger partial charge in [0, 0.05) is 43.2 Å². The Labute approximate surface area is 209 Å². The van der Waals surface area contributed by atoms with Crippen LogP contribution in [-0.4, -0.2) is 48.5 Å².